The first-order valence-electron chi connectivity index (χ1n) is 11.9. The first-order chi connectivity index (χ1) is 16.5. The van der Waals surface area contributed by atoms with Gasteiger partial charge in [0.25, 0.3) is 0 Å². The highest BCUT2D eigenvalue weighted by Gasteiger charge is 2.34. The molecule has 2 fully saturated rings. The molecule has 8 nitrogen and oxygen atoms in total. The minimum atomic E-state index is 0. The second kappa shape index (κ2) is 9.53. The molecule has 0 saturated carbocycles. The number of fused-ring (bicyclic) bond motifs is 1. The number of aromatic hydroxyl groups is 1. The van der Waals surface area contributed by atoms with Crippen LogP contribution in [0.1, 0.15) is 30.0 Å². The Morgan fingerprint density at radius 3 is 2.51 bits per heavy atom. The summed E-state index contributed by atoms with van der Waals surface area (Å²) in [5.74, 6) is 0.594. The number of ether oxygens (including phenoxy) is 1. The van der Waals surface area contributed by atoms with Gasteiger partial charge in [0.1, 0.15) is 16.8 Å². The van der Waals surface area contributed by atoms with Crippen LogP contribution < -0.4 is 0 Å². The Labute approximate surface area is 210 Å². The van der Waals surface area contributed by atoms with Crippen molar-refractivity contribution in [1.29, 1.82) is 0 Å². The largest absolute Gasteiger partial charge is 0.507 e. The molecular weight excluding hydrogens is 464 g/mol. The Morgan fingerprint density at radius 2 is 1.80 bits per heavy atom. The topological polar surface area (TPSA) is 89.2 Å². The van der Waals surface area contributed by atoms with Crippen LogP contribution in [0.3, 0.4) is 0 Å². The molecule has 9 heteroatoms. The minimum absolute atomic E-state index is 0. The number of halogens is 1. The highest BCUT2D eigenvalue weighted by molar-refractivity contribution is 5.85. The molecule has 3 aromatic heterocycles. The molecule has 4 aromatic rings. The fourth-order valence-corrected chi connectivity index (χ4v) is 5.08. The fraction of sp³-hybridized carbons (Fsp3) is 0.385. The maximum atomic E-state index is 10.8. The Hall–Kier alpha value is -3.07. The smallest absolute Gasteiger partial charge is 0.125 e. The van der Waals surface area contributed by atoms with E-state index in [9.17, 15) is 5.11 Å². The normalized spacial score (nSPS) is 17.3. The number of phenols is 1. The lowest BCUT2D eigenvalue weighted by Crippen LogP contribution is -2.52. The number of rotatable bonds is 4. The number of aryl methyl sites for hydroxylation is 2. The molecule has 2 saturated heterocycles. The van der Waals surface area contributed by atoms with E-state index in [1.54, 1.807) is 10.7 Å². The molecule has 5 heterocycles. The molecule has 0 aliphatic carbocycles. The molecule has 1 N–H and O–H groups in total. The molecule has 2 aliphatic rings. The zero-order chi connectivity index (χ0) is 23.2. The van der Waals surface area contributed by atoms with Gasteiger partial charge >= 0.3 is 0 Å². The first kappa shape index (κ1) is 23.7. The van der Waals surface area contributed by atoms with Crippen molar-refractivity contribution in [3.63, 3.8) is 0 Å². The number of hydrogen-bond donors (Lipinski definition) is 1. The average Bonchev–Trinajstić information content (AvgIpc) is 3.20. The molecule has 0 bridgehead atoms. The summed E-state index contributed by atoms with van der Waals surface area (Å²) in [6.07, 6.45) is 4.15. The zero-order valence-electron chi connectivity index (χ0n) is 19.9. The van der Waals surface area contributed by atoms with Crippen molar-refractivity contribution in [3.05, 3.63) is 53.9 Å². The quantitative estimate of drug-likeness (QED) is 0.458. The lowest BCUT2D eigenvalue weighted by molar-refractivity contribution is 0.000892. The summed E-state index contributed by atoms with van der Waals surface area (Å²) in [4.78, 5) is 7.26. The summed E-state index contributed by atoms with van der Waals surface area (Å²) in [5, 5.41) is 24.2. The van der Waals surface area contributed by atoms with Gasteiger partial charge in [-0.15, -0.1) is 12.4 Å². The van der Waals surface area contributed by atoms with Gasteiger partial charge in [0.05, 0.1) is 23.3 Å². The second-order valence-electron chi connectivity index (χ2n) is 9.43. The van der Waals surface area contributed by atoms with Crippen LogP contribution in [0.4, 0.5) is 0 Å². The summed E-state index contributed by atoms with van der Waals surface area (Å²) in [6, 6.07) is 12.2. The van der Waals surface area contributed by atoms with Crippen LogP contribution in [-0.2, 0) is 11.8 Å². The number of likely N-dealkylation sites (tertiary alicyclic amines) is 1. The molecule has 1 aromatic carbocycles. The van der Waals surface area contributed by atoms with Gasteiger partial charge in [0.15, 0.2) is 0 Å². The summed E-state index contributed by atoms with van der Waals surface area (Å²) in [7, 11) is 1.89. The third-order valence-corrected chi connectivity index (χ3v) is 7.07. The summed E-state index contributed by atoms with van der Waals surface area (Å²) in [5.41, 5.74) is 6.80. The minimum Gasteiger partial charge on any atom is -0.507 e. The number of aromatic nitrogens is 5. The molecule has 0 amide bonds. The van der Waals surface area contributed by atoms with Gasteiger partial charge in [-0.05, 0) is 55.7 Å². The van der Waals surface area contributed by atoms with E-state index in [-0.39, 0.29) is 18.2 Å². The first-order valence-corrected chi connectivity index (χ1v) is 11.9. The standard InChI is InChI=1S/C26H28N6O2.ClH/c1-16-11-23(27-24-15-31(2)30-26(16)24)17-3-4-20(25(33)12-17)22-6-5-21(28-29-22)18-13-32(14-18)19-7-9-34-10-8-19;/h3-6,11-12,15,18-19,33H,7-10,13-14H2,1-2H3;1H. The van der Waals surface area contributed by atoms with E-state index in [0.717, 1.165) is 72.7 Å². The van der Waals surface area contributed by atoms with E-state index in [0.29, 0.717) is 23.2 Å². The lowest BCUT2D eigenvalue weighted by Gasteiger charge is -2.45. The predicted molar refractivity (Wildman–Crippen MR) is 137 cm³/mol. The van der Waals surface area contributed by atoms with Gasteiger partial charge in [0.2, 0.25) is 0 Å². The monoisotopic (exact) mass is 492 g/mol. The van der Waals surface area contributed by atoms with Gasteiger partial charge in [-0.1, -0.05) is 6.07 Å². The van der Waals surface area contributed by atoms with Crippen LogP contribution in [-0.4, -0.2) is 67.3 Å². The van der Waals surface area contributed by atoms with Crippen LogP contribution in [0, 0.1) is 6.92 Å². The molecule has 35 heavy (non-hydrogen) atoms. The maximum Gasteiger partial charge on any atom is 0.125 e. The van der Waals surface area contributed by atoms with Gasteiger partial charge in [-0.2, -0.15) is 15.3 Å². The average molecular weight is 493 g/mol. The third-order valence-electron chi connectivity index (χ3n) is 7.07. The van der Waals surface area contributed by atoms with E-state index >= 15 is 0 Å². The van der Waals surface area contributed by atoms with Gasteiger partial charge in [-0.3, -0.25) is 9.58 Å². The van der Waals surface area contributed by atoms with Crippen LogP contribution in [0.5, 0.6) is 5.75 Å². The number of benzene rings is 1. The Balaban J connectivity index is 0.00000253. The summed E-state index contributed by atoms with van der Waals surface area (Å²) < 4.78 is 7.24. The fourth-order valence-electron chi connectivity index (χ4n) is 5.08. The third kappa shape index (κ3) is 4.49. The van der Waals surface area contributed by atoms with Crippen LogP contribution >= 0.6 is 12.4 Å². The SMILES string of the molecule is Cc1cc(-c2ccc(-c3ccc(C4CN(C5CCOCC5)C4)nn3)c(O)c2)nc2cn(C)nc12.Cl. The zero-order valence-corrected chi connectivity index (χ0v) is 20.7. The number of pyridine rings is 1. The predicted octanol–water partition coefficient (Wildman–Crippen LogP) is 4.11. The van der Waals surface area contributed by atoms with Crippen LogP contribution in [0.2, 0.25) is 0 Å². The molecule has 6 rings (SSSR count). The summed E-state index contributed by atoms with van der Waals surface area (Å²) >= 11 is 0. The van der Waals surface area contributed by atoms with E-state index in [2.05, 4.69) is 20.2 Å². The van der Waals surface area contributed by atoms with Crippen molar-refractivity contribution >= 4 is 23.4 Å². The Bertz CT molecular complexity index is 1340. The summed E-state index contributed by atoms with van der Waals surface area (Å²) in [6.45, 7) is 5.84. The van der Waals surface area contributed by atoms with Crippen molar-refractivity contribution in [2.75, 3.05) is 26.3 Å². The molecule has 0 spiro atoms. The van der Waals surface area contributed by atoms with E-state index < -0.39 is 0 Å². The molecule has 0 unspecified atom stereocenters. The highest BCUT2D eigenvalue weighted by Crippen LogP contribution is 2.34. The Morgan fingerprint density at radius 1 is 1.00 bits per heavy atom. The van der Waals surface area contributed by atoms with E-state index in [1.807, 2.05) is 50.5 Å². The van der Waals surface area contributed by atoms with Crippen molar-refractivity contribution < 1.29 is 9.84 Å². The van der Waals surface area contributed by atoms with Gasteiger partial charge < -0.3 is 9.84 Å². The molecule has 2 aliphatic heterocycles. The highest BCUT2D eigenvalue weighted by atomic mass is 35.5. The molecule has 0 atom stereocenters. The number of nitrogens with zero attached hydrogens (tertiary/aromatic N) is 6. The maximum absolute atomic E-state index is 10.8. The van der Waals surface area contributed by atoms with E-state index in [4.69, 9.17) is 9.72 Å². The molecule has 0 radical (unpaired) electrons. The van der Waals surface area contributed by atoms with Crippen molar-refractivity contribution in [3.8, 4) is 28.3 Å². The van der Waals surface area contributed by atoms with Gasteiger partial charge in [-0.25, -0.2) is 4.98 Å². The van der Waals surface area contributed by atoms with E-state index in [1.165, 1.54) is 0 Å². The van der Waals surface area contributed by atoms with Crippen LogP contribution in [0.15, 0.2) is 42.6 Å². The van der Waals surface area contributed by atoms with Crippen molar-refractivity contribution in [1.82, 2.24) is 29.9 Å². The van der Waals surface area contributed by atoms with Crippen molar-refractivity contribution in [2.45, 2.75) is 31.7 Å². The molecule has 182 valence electrons. The van der Waals surface area contributed by atoms with Crippen LogP contribution in [0.25, 0.3) is 33.5 Å². The second-order valence-corrected chi connectivity index (χ2v) is 9.43. The number of hydrogen-bond acceptors (Lipinski definition) is 7. The Kier molecular flexibility index (Phi) is 6.44. The number of phenolic OH excluding ortho intramolecular Hbond substituents is 1. The lowest BCUT2D eigenvalue weighted by atomic mass is 9.91. The van der Waals surface area contributed by atoms with Crippen molar-refractivity contribution in [2.24, 2.45) is 7.05 Å². The van der Waals surface area contributed by atoms with Gasteiger partial charge in [0, 0.05) is 56.4 Å². The molecular formula is C26H29ClN6O2.